The van der Waals surface area contributed by atoms with Crippen LogP contribution in [0.25, 0.3) is 0 Å². The molecule has 2 atom stereocenters. The number of hydrogen-bond acceptors (Lipinski definition) is 4. The molecule has 0 saturated carbocycles. The first-order chi connectivity index (χ1) is 6.40. The van der Waals surface area contributed by atoms with Gasteiger partial charge in [-0.15, -0.1) is 0 Å². The third kappa shape index (κ3) is 2.20. The van der Waals surface area contributed by atoms with Crippen molar-refractivity contribution in [3.8, 4) is 0 Å². The Bertz CT molecular complexity index is 160. The molecule has 2 aliphatic rings. The van der Waals surface area contributed by atoms with Gasteiger partial charge < -0.3 is 15.2 Å². The Morgan fingerprint density at radius 2 is 2.08 bits per heavy atom. The first-order valence-electron chi connectivity index (χ1n) is 5.09. The summed E-state index contributed by atoms with van der Waals surface area (Å²) < 4.78 is 5.60. The number of aliphatic hydroxyl groups is 1. The highest BCUT2D eigenvalue weighted by Crippen LogP contribution is 2.20. The third-order valence-corrected chi connectivity index (χ3v) is 2.91. The van der Waals surface area contributed by atoms with Gasteiger partial charge in [-0.05, 0) is 25.9 Å². The Balaban J connectivity index is 1.80. The smallest absolute Gasteiger partial charge is 0.111 e. The van der Waals surface area contributed by atoms with Gasteiger partial charge in [0.15, 0.2) is 0 Å². The number of aliphatic hydroxyl groups excluding tert-OH is 1. The maximum atomic E-state index is 8.93. The van der Waals surface area contributed by atoms with Gasteiger partial charge in [-0.3, -0.25) is 5.32 Å². The molecule has 2 fully saturated rings. The molecule has 2 saturated heterocycles. The average Bonchev–Trinajstić information content (AvgIpc) is 2.67. The predicted molar refractivity (Wildman–Crippen MR) is 49.3 cm³/mol. The predicted octanol–water partition coefficient (Wildman–Crippen LogP) is -0.707. The van der Waals surface area contributed by atoms with Crippen LogP contribution in [0.3, 0.4) is 0 Å². The molecule has 0 aromatic carbocycles. The summed E-state index contributed by atoms with van der Waals surface area (Å²) in [7, 11) is 0. The number of hydrogen-bond donors (Lipinski definition) is 3. The van der Waals surface area contributed by atoms with Crippen LogP contribution in [0, 0.1) is 5.92 Å². The van der Waals surface area contributed by atoms with Gasteiger partial charge in [0.2, 0.25) is 0 Å². The SMILES string of the molecule is OCC1COC(C2CCNCC2)N1. The number of piperidine rings is 1. The van der Waals surface area contributed by atoms with Crippen molar-refractivity contribution in [1.82, 2.24) is 10.6 Å². The van der Waals surface area contributed by atoms with Crippen LogP contribution in [0.4, 0.5) is 0 Å². The summed E-state index contributed by atoms with van der Waals surface area (Å²) in [5, 5.41) is 15.6. The molecule has 0 aliphatic carbocycles. The second kappa shape index (κ2) is 4.37. The summed E-state index contributed by atoms with van der Waals surface area (Å²) >= 11 is 0. The summed E-state index contributed by atoms with van der Waals surface area (Å²) in [5.41, 5.74) is 0. The van der Waals surface area contributed by atoms with Crippen LogP contribution in [0.15, 0.2) is 0 Å². The molecule has 2 heterocycles. The molecule has 13 heavy (non-hydrogen) atoms. The standard InChI is InChI=1S/C9H18N2O2/c12-5-8-6-13-9(11-8)7-1-3-10-4-2-7/h7-12H,1-6H2. The second-order valence-corrected chi connectivity index (χ2v) is 3.89. The Morgan fingerprint density at radius 1 is 1.31 bits per heavy atom. The highest BCUT2D eigenvalue weighted by molar-refractivity contribution is 4.82. The molecular weight excluding hydrogens is 168 g/mol. The molecule has 4 heteroatoms. The second-order valence-electron chi connectivity index (χ2n) is 3.89. The first-order valence-corrected chi connectivity index (χ1v) is 5.09. The topological polar surface area (TPSA) is 53.5 Å². The first kappa shape index (κ1) is 9.40. The Kier molecular flexibility index (Phi) is 3.16. The summed E-state index contributed by atoms with van der Waals surface area (Å²) in [6.07, 6.45) is 2.53. The van der Waals surface area contributed by atoms with E-state index in [0.717, 1.165) is 13.1 Å². The zero-order valence-electron chi connectivity index (χ0n) is 7.83. The lowest BCUT2D eigenvalue weighted by Gasteiger charge is -2.27. The van der Waals surface area contributed by atoms with Crippen molar-refractivity contribution in [2.75, 3.05) is 26.3 Å². The highest BCUT2D eigenvalue weighted by atomic mass is 16.5. The number of rotatable bonds is 2. The molecule has 76 valence electrons. The quantitative estimate of drug-likeness (QED) is 0.533. The molecule has 0 amide bonds. The molecule has 2 rings (SSSR count). The summed E-state index contributed by atoms with van der Waals surface area (Å²) in [6, 6.07) is 0.153. The fraction of sp³-hybridized carbons (Fsp3) is 1.00. The van der Waals surface area contributed by atoms with Crippen molar-refractivity contribution in [2.45, 2.75) is 25.1 Å². The Morgan fingerprint density at radius 3 is 2.69 bits per heavy atom. The monoisotopic (exact) mass is 186 g/mol. The molecule has 3 N–H and O–H groups in total. The molecule has 0 aromatic rings. The molecule has 2 unspecified atom stereocenters. The van der Waals surface area contributed by atoms with Crippen LogP contribution in [-0.4, -0.2) is 43.7 Å². The van der Waals surface area contributed by atoms with Gasteiger partial charge >= 0.3 is 0 Å². The van der Waals surface area contributed by atoms with E-state index in [4.69, 9.17) is 9.84 Å². The van der Waals surface area contributed by atoms with E-state index in [1.165, 1.54) is 12.8 Å². The van der Waals surface area contributed by atoms with Crippen LogP contribution in [0.5, 0.6) is 0 Å². The summed E-state index contributed by atoms with van der Waals surface area (Å²) in [5.74, 6) is 0.623. The molecule has 0 spiro atoms. The lowest BCUT2D eigenvalue weighted by atomic mass is 9.96. The van der Waals surface area contributed by atoms with Crippen LogP contribution in [0.1, 0.15) is 12.8 Å². The summed E-state index contributed by atoms with van der Waals surface area (Å²) in [4.78, 5) is 0. The van der Waals surface area contributed by atoms with Crippen LogP contribution in [-0.2, 0) is 4.74 Å². The zero-order chi connectivity index (χ0) is 9.10. The Hall–Kier alpha value is -0.160. The van der Waals surface area contributed by atoms with E-state index < -0.39 is 0 Å². The molecule has 4 nitrogen and oxygen atoms in total. The molecule has 0 radical (unpaired) electrons. The average molecular weight is 186 g/mol. The van der Waals surface area contributed by atoms with Crippen LogP contribution >= 0.6 is 0 Å². The van der Waals surface area contributed by atoms with Gasteiger partial charge in [0.1, 0.15) is 6.23 Å². The largest absolute Gasteiger partial charge is 0.395 e. The van der Waals surface area contributed by atoms with Crippen molar-refractivity contribution in [3.63, 3.8) is 0 Å². The van der Waals surface area contributed by atoms with Gasteiger partial charge in [-0.25, -0.2) is 0 Å². The highest BCUT2D eigenvalue weighted by Gasteiger charge is 2.31. The van der Waals surface area contributed by atoms with Gasteiger partial charge in [0.25, 0.3) is 0 Å². The van der Waals surface area contributed by atoms with Gasteiger partial charge in [-0.2, -0.15) is 0 Å². The normalized spacial score (nSPS) is 36.7. The fourth-order valence-corrected chi connectivity index (χ4v) is 2.07. The summed E-state index contributed by atoms with van der Waals surface area (Å²) in [6.45, 7) is 3.03. The lowest BCUT2D eigenvalue weighted by molar-refractivity contribution is 0.0392. The molecule has 2 aliphatic heterocycles. The van der Waals surface area contributed by atoms with Crippen LogP contribution in [0.2, 0.25) is 0 Å². The van der Waals surface area contributed by atoms with Gasteiger partial charge in [0, 0.05) is 5.92 Å². The van der Waals surface area contributed by atoms with E-state index >= 15 is 0 Å². The van der Waals surface area contributed by atoms with Crippen molar-refractivity contribution in [3.05, 3.63) is 0 Å². The third-order valence-electron chi connectivity index (χ3n) is 2.91. The van der Waals surface area contributed by atoms with Gasteiger partial charge in [-0.1, -0.05) is 0 Å². The Labute approximate surface area is 78.7 Å². The van der Waals surface area contributed by atoms with Crippen LogP contribution < -0.4 is 10.6 Å². The number of ether oxygens (including phenoxy) is 1. The fourth-order valence-electron chi connectivity index (χ4n) is 2.07. The van der Waals surface area contributed by atoms with Gasteiger partial charge in [0.05, 0.1) is 19.3 Å². The lowest BCUT2D eigenvalue weighted by Crippen LogP contribution is -2.42. The minimum absolute atomic E-state index is 0.153. The van der Waals surface area contributed by atoms with E-state index in [-0.39, 0.29) is 18.9 Å². The van der Waals surface area contributed by atoms with Crippen molar-refractivity contribution >= 4 is 0 Å². The molecular formula is C9H18N2O2. The molecule has 0 aromatic heterocycles. The van der Waals surface area contributed by atoms with Crippen molar-refractivity contribution < 1.29 is 9.84 Å². The van der Waals surface area contributed by atoms with Crippen molar-refractivity contribution in [1.29, 1.82) is 0 Å². The molecule has 0 bridgehead atoms. The maximum Gasteiger partial charge on any atom is 0.111 e. The van der Waals surface area contributed by atoms with E-state index in [0.29, 0.717) is 12.5 Å². The van der Waals surface area contributed by atoms with E-state index in [9.17, 15) is 0 Å². The van der Waals surface area contributed by atoms with E-state index in [1.54, 1.807) is 0 Å². The van der Waals surface area contributed by atoms with E-state index in [1.807, 2.05) is 0 Å². The number of nitrogens with one attached hydrogen (secondary N) is 2. The zero-order valence-corrected chi connectivity index (χ0v) is 7.83. The minimum Gasteiger partial charge on any atom is -0.395 e. The van der Waals surface area contributed by atoms with Crippen molar-refractivity contribution in [2.24, 2.45) is 5.92 Å². The maximum absolute atomic E-state index is 8.93. The van der Waals surface area contributed by atoms with E-state index in [2.05, 4.69) is 10.6 Å². The minimum atomic E-state index is 0.153.